The van der Waals surface area contributed by atoms with Gasteiger partial charge in [0, 0.05) is 25.7 Å². The lowest BCUT2D eigenvalue weighted by Gasteiger charge is -2.32. The minimum absolute atomic E-state index is 0.481. The molecule has 0 radical (unpaired) electrons. The maximum Gasteiger partial charge on any atom is 0.0480 e. The van der Waals surface area contributed by atoms with Gasteiger partial charge in [-0.25, -0.2) is 10.4 Å². The van der Waals surface area contributed by atoms with E-state index in [-0.39, 0.29) is 0 Å². The summed E-state index contributed by atoms with van der Waals surface area (Å²) in [4.78, 5) is 0. The van der Waals surface area contributed by atoms with Gasteiger partial charge in [0.25, 0.3) is 0 Å². The van der Waals surface area contributed by atoms with E-state index in [9.17, 15) is 0 Å². The largest absolute Gasteiger partial charge is 0.313 e. The molecule has 2 heterocycles. The number of hydrazine groups is 1. The molecule has 2 N–H and O–H groups in total. The predicted octanol–water partition coefficient (Wildman–Crippen LogP) is 2.21. The Bertz CT molecular complexity index is 385. The fraction of sp³-hybridized carbons (Fsp3) is 0.600. The average molecular weight is 245 g/mol. The molecule has 3 heteroatoms. The quantitative estimate of drug-likeness (QED) is 0.836. The van der Waals surface area contributed by atoms with E-state index in [2.05, 4.69) is 40.0 Å². The number of benzene rings is 1. The summed E-state index contributed by atoms with van der Waals surface area (Å²) in [5.41, 5.74) is 6.68. The molecule has 1 atom stereocenters. The van der Waals surface area contributed by atoms with Crippen molar-refractivity contribution in [2.45, 2.75) is 38.3 Å². The summed E-state index contributed by atoms with van der Waals surface area (Å²) < 4.78 is 0. The van der Waals surface area contributed by atoms with Crippen LogP contribution >= 0.6 is 0 Å². The summed E-state index contributed by atoms with van der Waals surface area (Å²) in [5.74, 6) is 0. The van der Waals surface area contributed by atoms with Crippen molar-refractivity contribution in [3.8, 4) is 0 Å². The van der Waals surface area contributed by atoms with Crippen molar-refractivity contribution in [1.29, 1.82) is 0 Å². The molecule has 0 saturated carbocycles. The molecule has 2 aliphatic rings. The Morgan fingerprint density at radius 3 is 2.83 bits per heavy atom. The molecule has 2 aliphatic heterocycles. The Labute approximate surface area is 110 Å². The van der Waals surface area contributed by atoms with Gasteiger partial charge in [-0.2, -0.15) is 0 Å². The number of rotatable bonds is 2. The van der Waals surface area contributed by atoms with Crippen LogP contribution in [0.5, 0.6) is 0 Å². The lowest BCUT2D eigenvalue weighted by molar-refractivity contribution is 0.126. The highest BCUT2D eigenvalue weighted by Gasteiger charge is 2.20. The van der Waals surface area contributed by atoms with Gasteiger partial charge in [0.15, 0.2) is 0 Å². The third kappa shape index (κ3) is 2.74. The van der Waals surface area contributed by atoms with E-state index in [4.69, 9.17) is 0 Å². The molecule has 0 amide bonds. The van der Waals surface area contributed by atoms with Crippen molar-refractivity contribution in [3.63, 3.8) is 0 Å². The van der Waals surface area contributed by atoms with E-state index in [1.54, 1.807) is 0 Å². The molecule has 0 spiro atoms. The predicted molar refractivity (Wildman–Crippen MR) is 74.1 cm³/mol. The number of fused-ring (bicyclic) bond motifs is 1. The Hall–Kier alpha value is -0.900. The molecule has 1 aromatic carbocycles. The molecule has 1 unspecified atom stereocenters. The summed E-state index contributed by atoms with van der Waals surface area (Å²) >= 11 is 0. The van der Waals surface area contributed by atoms with Crippen molar-refractivity contribution in [1.82, 2.24) is 15.8 Å². The van der Waals surface area contributed by atoms with Gasteiger partial charge < -0.3 is 5.32 Å². The standard InChI is InChI=1S/C15H23N3/c1-4-10-18(11-5-1)17-15-8-9-16-12-13-6-2-3-7-14(13)15/h2-3,6-7,15-17H,1,4-5,8-12H2. The van der Waals surface area contributed by atoms with Gasteiger partial charge in [-0.3, -0.25) is 0 Å². The van der Waals surface area contributed by atoms with E-state index in [1.165, 1.54) is 49.9 Å². The third-order valence-electron chi connectivity index (χ3n) is 4.05. The zero-order chi connectivity index (χ0) is 12.2. The number of nitrogens with one attached hydrogen (secondary N) is 2. The summed E-state index contributed by atoms with van der Waals surface area (Å²) in [6.07, 6.45) is 5.23. The number of nitrogens with zero attached hydrogens (tertiary/aromatic N) is 1. The van der Waals surface area contributed by atoms with Crippen molar-refractivity contribution in [2.24, 2.45) is 0 Å². The van der Waals surface area contributed by atoms with Gasteiger partial charge in [0.2, 0.25) is 0 Å². The monoisotopic (exact) mass is 245 g/mol. The highest BCUT2D eigenvalue weighted by Crippen LogP contribution is 2.24. The smallest absolute Gasteiger partial charge is 0.0480 e. The van der Waals surface area contributed by atoms with Crippen molar-refractivity contribution < 1.29 is 0 Å². The van der Waals surface area contributed by atoms with Gasteiger partial charge in [-0.05, 0) is 36.9 Å². The van der Waals surface area contributed by atoms with Crippen LogP contribution in [0.1, 0.15) is 42.9 Å². The number of piperidine rings is 1. The van der Waals surface area contributed by atoms with E-state index < -0.39 is 0 Å². The molecular formula is C15H23N3. The summed E-state index contributed by atoms with van der Waals surface area (Å²) in [6, 6.07) is 9.32. The molecule has 1 aromatic rings. The highest BCUT2D eigenvalue weighted by atomic mass is 15.5. The van der Waals surface area contributed by atoms with E-state index in [1.807, 2.05) is 0 Å². The van der Waals surface area contributed by atoms with Crippen LogP contribution < -0.4 is 10.7 Å². The summed E-state index contributed by atoms with van der Waals surface area (Å²) in [7, 11) is 0. The lowest BCUT2D eigenvalue weighted by atomic mass is 10.00. The summed E-state index contributed by atoms with van der Waals surface area (Å²) in [5, 5.41) is 5.94. The van der Waals surface area contributed by atoms with E-state index in [0.717, 1.165) is 13.1 Å². The Morgan fingerprint density at radius 2 is 1.94 bits per heavy atom. The molecule has 18 heavy (non-hydrogen) atoms. The molecule has 0 bridgehead atoms. The number of hydrogen-bond donors (Lipinski definition) is 2. The second-order valence-electron chi connectivity index (χ2n) is 5.39. The normalized spacial score (nSPS) is 25.4. The van der Waals surface area contributed by atoms with E-state index >= 15 is 0 Å². The maximum absolute atomic E-state index is 3.75. The van der Waals surface area contributed by atoms with Gasteiger partial charge in [0.1, 0.15) is 0 Å². The molecule has 98 valence electrons. The molecule has 0 aliphatic carbocycles. The minimum atomic E-state index is 0.481. The van der Waals surface area contributed by atoms with Crippen LogP contribution in [0, 0.1) is 0 Å². The first-order valence-electron chi connectivity index (χ1n) is 7.23. The van der Waals surface area contributed by atoms with Crippen LogP contribution in [0.2, 0.25) is 0 Å². The van der Waals surface area contributed by atoms with Gasteiger partial charge in [-0.15, -0.1) is 0 Å². The van der Waals surface area contributed by atoms with Crippen molar-refractivity contribution >= 4 is 0 Å². The maximum atomic E-state index is 3.75. The Balaban J connectivity index is 1.74. The fourth-order valence-electron chi connectivity index (χ4n) is 3.04. The molecule has 0 aromatic heterocycles. The average Bonchev–Trinajstić information content (AvgIpc) is 2.63. The second kappa shape index (κ2) is 5.83. The third-order valence-corrected chi connectivity index (χ3v) is 4.05. The Morgan fingerprint density at radius 1 is 1.11 bits per heavy atom. The SMILES string of the molecule is c1ccc2c(c1)CNCCC2NN1CCCCC1. The zero-order valence-electron chi connectivity index (χ0n) is 11.0. The van der Waals surface area contributed by atoms with Crippen LogP contribution in [0.3, 0.4) is 0 Å². The van der Waals surface area contributed by atoms with Crippen molar-refractivity contribution in [3.05, 3.63) is 35.4 Å². The first kappa shape index (κ1) is 12.2. The van der Waals surface area contributed by atoms with E-state index in [0.29, 0.717) is 6.04 Å². The highest BCUT2D eigenvalue weighted by molar-refractivity contribution is 5.30. The molecular weight excluding hydrogens is 222 g/mol. The Kier molecular flexibility index (Phi) is 3.93. The van der Waals surface area contributed by atoms with Crippen LogP contribution in [-0.2, 0) is 6.54 Å². The first-order valence-corrected chi connectivity index (χ1v) is 7.23. The second-order valence-corrected chi connectivity index (χ2v) is 5.39. The van der Waals surface area contributed by atoms with Crippen LogP contribution in [0.15, 0.2) is 24.3 Å². The van der Waals surface area contributed by atoms with Gasteiger partial charge in [-0.1, -0.05) is 30.7 Å². The fourth-order valence-corrected chi connectivity index (χ4v) is 3.04. The van der Waals surface area contributed by atoms with Gasteiger partial charge >= 0.3 is 0 Å². The minimum Gasteiger partial charge on any atom is -0.313 e. The number of hydrogen-bond acceptors (Lipinski definition) is 3. The topological polar surface area (TPSA) is 27.3 Å². The first-order chi connectivity index (χ1) is 8.93. The molecule has 1 fully saturated rings. The summed E-state index contributed by atoms with van der Waals surface area (Å²) in [6.45, 7) is 4.51. The molecule has 3 nitrogen and oxygen atoms in total. The van der Waals surface area contributed by atoms with Crippen LogP contribution in [-0.4, -0.2) is 24.6 Å². The van der Waals surface area contributed by atoms with Gasteiger partial charge in [0.05, 0.1) is 0 Å². The zero-order valence-corrected chi connectivity index (χ0v) is 11.0. The molecule has 3 rings (SSSR count). The molecule has 1 saturated heterocycles. The van der Waals surface area contributed by atoms with Crippen LogP contribution in [0.4, 0.5) is 0 Å². The van der Waals surface area contributed by atoms with Crippen molar-refractivity contribution in [2.75, 3.05) is 19.6 Å². The van der Waals surface area contributed by atoms with Crippen LogP contribution in [0.25, 0.3) is 0 Å². The lowest BCUT2D eigenvalue weighted by Crippen LogP contribution is -2.44.